The van der Waals surface area contributed by atoms with Gasteiger partial charge in [0.05, 0.1) is 0 Å². The minimum absolute atomic E-state index is 0.745. The molecule has 1 N–H and O–H groups in total. The van der Waals surface area contributed by atoms with Crippen molar-refractivity contribution in [3.63, 3.8) is 0 Å². The molecule has 2 aliphatic carbocycles. The van der Waals surface area contributed by atoms with Gasteiger partial charge in [-0.25, -0.2) is 0 Å². The molecular weight excluding hydrogens is 182 g/mol. The molecule has 0 aliphatic heterocycles. The van der Waals surface area contributed by atoms with Crippen LogP contribution in [0.5, 0.6) is 0 Å². The Kier molecular flexibility index (Phi) is 3.85. The first-order chi connectivity index (χ1) is 7.27. The summed E-state index contributed by atoms with van der Waals surface area (Å²) >= 11 is 0. The molecule has 0 heterocycles. The first kappa shape index (κ1) is 11.2. The van der Waals surface area contributed by atoms with Gasteiger partial charge in [0.15, 0.2) is 0 Å². The Morgan fingerprint density at radius 3 is 2.40 bits per heavy atom. The minimum atomic E-state index is 0.745. The molecule has 1 saturated carbocycles. The highest BCUT2D eigenvalue weighted by molar-refractivity contribution is 4.99. The molecule has 0 amide bonds. The summed E-state index contributed by atoms with van der Waals surface area (Å²) in [4.78, 5) is 0. The lowest BCUT2D eigenvalue weighted by Gasteiger charge is -2.36. The zero-order valence-electron chi connectivity index (χ0n) is 10.2. The lowest BCUT2D eigenvalue weighted by Crippen LogP contribution is -2.45. The van der Waals surface area contributed by atoms with E-state index in [4.69, 9.17) is 0 Å². The number of hydrogen-bond donors (Lipinski definition) is 1. The summed E-state index contributed by atoms with van der Waals surface area (Å²) in [7, 11) is 0. The third-order valence-corrected chi connectivity index (χ3v) is 4.13. The number of rotatable bonds is 3. The summed E-state index contributed by atoms with van der Waals surface area (Å²) in [6.45, 7) is 4.77. The second-order valence-corrected chi connectivity index (χ2v) is 5.61. The van der Waals surface area contributed by atoms with Crippen molar-refractivity contribution in [3.8, 4) is 0 Å². The summed E-state index contributed by atoms with van der Waals surface area (Å²) in [5.41, 5.74) is 0. The van der Waals surface area contributed by atoms with E-state index < -0.39 is 0 Å². The molecule has 1 heteroatoms. The molecule has 0 aromatic carbocycles. The quantitative estimate of drug-likeness (QED) is 0.698. The molecule has 2 rings (SSSR count). The monoisotopic (exact) mass is 207 g/mol. The molecule has 2 unspecified atom stereocenters. The second kappa shape index (κ2) is 5.16. The molecule has 1 fully saturated rings. The summed E-state index contributed by atoms with van der Waals surface area (Å²) in [6, 6.07) is 1.54. The van der Waals surface area contributed by atoms with E-state index in [9.17, 15) is 0 Å². The number of hydrogen-bond acceptors (Lipinski definition) is 1. The maximum absolute atomic E-state index is 3.89. The van der Waals surface area contributed by atoms with E-state index in [1.165, 1.54) is 38.5 Å². The van der Waals surface area contributed by atoms with Gasteiger partial charge in [0.1, 0.15) is 0 Å². The van der Waals surface area contributed by atoms with Crippen LogP contribution in [0.1, 0.15) is 52.4 Å². The maximum Gasteiger partial charge on any atom is 0.0139 e. The van der Waals surface area contributed by atoms with Gasteiger partial charge in [0, 0.05) is 12.1 Å². The zero-order chi connectivity index (χ0) is 10.7. The average molecular weight is 207 g/mol. The van der Waals surface area contributed by atoms with Crippen LogP contribution >= 0.6 is 0 Å². The van der Waals surface area contributed by atoms with Gasteiger partial charge in [-0.2, -0.15) is 0 Å². The first-order valence-electron chi connectivity index (χ1n) is 6.68. The third kappa shape index (κ3) is 2.84. The molecule has 0 radical (unpaired) electrons. The highest BCUT2D eigenvalue weighted by atomic mass is 15.0. The normalized spacial score (nSPS) is 32.7. The average Bonchev–Trinajstić information content (AvgIpc) is 2.71. The van der Waals surface area contributed by atoms with Gasteiger partial charge in [-0.3, -0.25) is 0 Å². The van der Waals surface area contributed by atoms with Crippen molar-refractivity contribution in [2.24, 2.45) is 11.8 Å². The Balaban J connectivity index is 1.86. The summed E-state index contributed by atoms with van der Waals surface area (Å²) in [5.74, 6) is 1.76. The predicted octanol–water partition coefficient (Wildman–Crippen LogP) is 3.51. The van der Waals surface area contributed by atoms with Crippen LogP contribution in [-0.2, 0) is 0 Å². The fourth-order valence-electron chi connectivity index (χ4n) is 3.22. The van der Waals surface area contributed by atoms with Gasteiger partial charge in [0.25, 0.3) is 0 Å². The molecule has 1 nitrogen and oxygen atoms in total. The van der Waals surface area contributed by atoms with E-state index in [1.54, 1.807) is 0 Å². The van der Waals surface area contributed by atoms with E-state index in [-0.39, 0.29) is 0 Å². The highest BCUT2D eigenvalue weighted by Crippen LogP contribution is 2.31. The van der Waals surface area contributed by atoms with Gasteiger partial charge >= 0.3 is 0 Å². The topological polar surface area (TPSA) is 12.0 Å². The molecule has 0 bridgehead atoms. The standard InChI is InChI=1S/C14H25N/c1-11(2)13-9-5-6-10-14(13)15-12-7-3-4-8-12/h3-4,11-15H,5-10H2,1-2H3. The summed E-state index contributed by atoms with van der Waals surface area (Å²) in [5, 5.41) is 3.89. The van der Waals surface area contributed by atoms with E-state index >= 15 is 0 Å². The van der Waals surface area contributed by atoms with E-state index in [0.717, 1.165) is 23.9 Å². The van der Waals surface area contributed by atoms with Crippen LogP contribution in [0, 0.1) is 11.8 Å². The first-order valence-corrected chi connectivity index (χ1v) is 6.68. The van der Waals surface area contributed by atoms with E-state index in [1.807, 2.05) is 0 Å². The maximum atomic E-state index is 3.89. The van der Waals surface area contributed by atoms with E-state index in [2.05, 4.69) is 31.3 Å². The van der Waals surface area contributed by atoms with Crippen LogP contribution in [0.15, 0.2) is 12.2 Å². The Bertz CT molecular complexity index is 211. The summed E-state index contributed by atoms with van der Waals surface area (Å²) in [6.07, 6.45) is 12.9. The Hall–Kier alpha value is -0.300. The lowest BCUT2D eigenvalue weighted by molar-refractivity contribution is 0.193. The van der Waals surface area contributed by atoms with Crippen molar-refractivity contribution in [2.45, 2.75) is 64.5 Å². The smallest absolute Gasteiger partial charge is 0.0139 e. The molecule has 2 aliphatic rings. The van der Waals surface area contributed by atoms with Crippen LogP contribution < -0.4 is 5.32 Å². The van der Waals surface area contributed by atoms with Gasteiger partial charge in [-0.15, -0.1) is 0 Å². The molecule has 0 spiro atoms. The van der Waals surface area contributed by atoms with Gasteiger partial charge in [-0.1, -0.05) is 38.8 Å². The van der Waals surface area contributed by atoms with Crippen LogP contribution in [0.3, 0.4) is 0 Å². The van der Waals surface area contributed by atoms with Crippen molar-refractivity contribution in [2.75, 3.05) is 0 Å². The Labute approximate surface area is 94.3 Å². The summed E-state index contributed by atoms with van der Waals surface area (Å²) < 4.78 is 0. The van der Waals surface area contributed by atoms with Crippen molar-refractivity contribution >= 4 is 0 Å². The van der Waals surface area contributed by atoms with E-state index in [0.29, 0.717) is 0 Å². The molecule has 0 saturated heterocycles. The van der Waals surface area contributed by atoms with Crippen molar-refractivity contribution in [1.82, 2.24) is 5.32 Å². The van der Waals surface area contributed by atoms with Crippen LogP contribution in [-0.4, -0.2) is 12.1 Å². The zero-order valence-corrected chi connectivity index (χ0v) is 10.2. The number of nitrogens with one attached hydrogen (secondary N) is 1. The molecule has 15 heavy (non-hydrogen) atoms. The van der Waals surface area contributed by atoms with Gasteiger partial charge in [-0.05, 0) is 37.5 Å². The highest BCUT2D eigenvalue weighted by Gasteiger charge is 2.28. The van der Waals surface area contributed by atoms with Gasteiger partial charge < -0.3 is 5.32 Å². The van der Waals surface area contributed by atoms with Crippen LogP contribution in [0.2, 0.25) is 0 Å². The van der Waals surface area contributed by atoms with Crippen LogP contribution in [0.25, 0.3) is 0 Å². The van der Waals surface area contributed by atoms with Gasteiger partial charge in [0.2, 0.25) is 0 Å². The van der Waals surface area contributed by atoms with Crippen molar-refractivity contribution in [1.29, 1.82) is 0 Å². The largest absolute Gasteiger partial charge is 0.310 e. The molecule has 0 aromatic heterocycles. The molecule has 0 aromatic rings. The van der Waals surface area contributed by atoms with Crippen molar-refractivity contribution < 1.29 is 0 Å². The molecule has 86 valence electrons. The lowest BCUT2D eigenvalue weighted by atomic mass is 9.77. The third-order valence-electron chi connectivity index (χ3n) is 4.13. The Morgan fingerprint density at radius 2 is 1.73 bits per heavy atom. The second-order valence-electron chi connectivity index (χ2n) is 5.61. The fraction of sp³-hybridized carbons (Fsp3) is 0.857. The predicted molar refractivity (Wildman–Crippen MR) is 65.9 cm³/mol. The molecular formula is C14H25N. The molecule has 2 atom stereocenters. The van der Waals surface area contributed by atoms with Crippen molar-refractivity contribution in [3.05, 3.63) is 12.2 Å². The SMILES string of the molecule is CC(C)C1CCCCC1NC1CC=CC1. The fourth-order valence-corrected chi connectivity index (χ4v) is 3.22. The minimum Gasteiger partial charge on any atom is -0.310 e. The Morgan fingerprint density at radius 1 is 1.07 bits per heavy atom. The van der Waals surface area contributed by atoms with Crippen LogP contribution in [0.4, 0.5) is 0 Å².